The lowest BCUT2D eigenvalue weighted by Crippen LogP contribution is -2.24. The lowest BCUT2D eigenvalue weighted by Gasteiger charge is -2.19. The Labute approximate surface area is 114 Å². The minimum absolute atomic E-state index is 0.333. The van der Waals surface area contributed by atoms with E-state index in [4.69, 9.17) is 4.74 Å². The number of esters is 1. The number of nitrogens with zero attached hydrogens (tertiary/aromatic N) is 2. The van der Waals surface area contributed by atoms with Crippen molar-refractivity contribution in [3.05, 3.63) is 18.0 Å². The fourth-order valence-electron chi connectivity index (χ4n) is 2.08. The van der Waals surface area contributed by atoms with Crippen molar-refractivity contribution in [2.75, 3.05) is 6.61 Å². The fourth-order valence-corrected chi connectivity index (χ4v) is 2.08. The fraction of sp³-hybridized carbons (Fsp3) is 0.714. The van der Waals surface area contributed by atoms with E-state index < -0.39 is 12.0 Å². The summed E-state index contributed by atoms with van der Waals surface area (Å²) in [5.74, 6) is -0.843. The number of hydrogen-bond acceptors (Lipinski definition) is 4. The smallest absolute Gasteiger partial charge is 0.311 e. The van der Waals surface area contributed by atoms with E-state index in [2.05, 4.69) is 12.0 Å². The van der Waals surface area contributed by atoms with Gasteiger partial charge in [-0.15, -0.1) is 0 Å². The second kappa shape index (κ2) is 7.94. The number of aliphatic hydroxyl groups excluding tert-OH is 1. The number of carbonyl (C=O) groups is 1. The molecule has 5 heteroatoms. The van der Waals surface area contributed by atoms with Gasteiger partial charge in [-0.2, -0.15) is 5.10 Å². The maximum atomic E-state index is 11.9. The Hall–Kier alpha value is -1.36. The van der Waals surface area contributed by atoms with Gasteiger partial charge < -0.3 is 9.84 Å². The molecule has 0 aliphatic rings. The van der Waals surface area contributed by atoms with Gasteiger partial charge in [-0.1, -0.05) is 20.3 Å². The second-order valence-electron chi connectivity index (χ2n) is 4.63. The van der Waals surface area contributed by atoms with Crippen molar-refractivity contribution in [2.24, 2.45) is 5.92 Å². The van der Waals surface area contributed by atoms with E-state index in [9.17, 15) is 9.90 Å². The normalized spacial score (nSPS) is 14.1. The first-order chi connectivity index (χ1) is 9.13. The highest BCUT2D eigenvalue weighted by atomic mass is 16.5. The molecule has 0 aliphatic carbocycles. The molecule has 1 aromatic rings. The van der Waals surface area contributed by atoms with Crippen LogP contribution in [0.5, 0.6) is 0 Å². The van der Waals surface area contributed by atoms with Crippen molar-refractivity contribution in [2.45, 2.75) is 52.7 Å². The Balaban J connectivity index is 2.79. The van der Waals surface area contributed by atoms with Crippen LogP contribution in [0.2, 0.25) is 0 Å². The van der Waals surface area contributed by atoms with Gasteiger partial charge in [0.1, 0.15) is 0 Å². The number of aromatic nitrogens is 2. The van der Waals surface area contributed by atoms with Crippen LogP contribution < -0.4 is 0 Å². The van der Waals surface area contributed by atoms with Crippen molar-refractivity contribution in [3.8, 4) is 0 Å². The molecule has 1 N–H and O–H groups in total. The number of aryl methyl sites for hydroxylation is 1. The lowest BCUT2D eigenvalue weighted by atomic mass is 9.93. The molecule has 0 saturated heterocycles. The predicted octanol–water partition coefficient (Wildman–Crippen LogP) is 2.31. The molecule has 108 valence electrons. The molecule has 0 aromatic carbocycles. The van der Waals surface area contributed by atoms with Crippen molar-refractivity contribution in [1.82, 2.24) is 9.78 Å². The summed E-state index contributed by atoms with van der Waals surface area (Å²) in [6, 6.07) is 0. The molecule has 0 radical (unpaired) electrons. The van der Waals surface area contributed by atoms with E-state index in [0.717, 1.165) is 19.4 Å². The molecule has 0 fully saturated rings. The van der Waals surface area contributed by atoms with Gasteiger partial charge in [0.15, 0.2) is 0 Å². The highest BCUT2D eigenvalue weighted by molar-refractivity contribution is 5.73. The standard InChI is InChI=1S/C14H24N2O3/c1-4-7-12(14(18)19-6-3)13(17)11-9-15-16(10-11)8-5-2/h9-10,12-13,17H,4-8H2,1-3H3. The molecule has 1 heterocycles. The van der Waals surface area contributed by atoms with E-state index in [1.807, 2.05) is 6.92 Å². The molecular weight excluding hydrogens is 244 g/mol. The first-order valence-electron chi connectivity index (χ1n) is 7.01. The van der Waals surface area contributed by atoms with Gasteiger partial charge in [-0.3, -0.25) is 9.48 Å². The number of ether oxygens (including phenoxy) is 1. The van der Waals surface area contributed by atoms with Crippen LogP contribution in [-0.2, 0) is 16.1 Å². The molecule has 2 atom stereocenters. The monoisotopic (exact) mass is 268 g/mol. The Bertz CT molecular complexity index is 390. The van der Waals surface area contributed by atoms with Gasteiger partial charge >= 0.3 is 5.97 Å². The summed E-state index contributed by atoms with van der Waals surface area (Å²) in [7, 11) is 0. The topological polar surface area (TPSA) is 64.3 Å². The summed E-state index contributed by atoms with van der Waals surface area (Å²) in [4.78, 5) is 11.9. The number of aliphatic hydroxyl groups is 1. The van der Waals surface area contributed by atoms with Crippen molar-refractivity contribution >= 4 is 5.97 Å². The predicted molar refractivity (Wildman–Crippen MR) is 72.5 cm³/mol. The van der Waals surface area contributed by atoms with Crippen LogP contribution in [0.3, 0.4) is 0 Å². The molecule has 1 rings (SSSR count). The summed E-state index contributed by atoms with van der Waals surface area (Å²) >= 11 is 0. The third-order valence-corrected chi connectivity index (χ3v) is 3.02. The molecule has 1 aromatic heterocycles. The molecule has 0 spiro atoms. The number of carbonyl (C=O) groups excluding carboxylic acids is 1. The average molecular weight is 268 g/mol. The maximum absolute atomic E-state index is 11.9. The van der Waals surface area contributed by atoms with Crippen LogP contribution in [0.25, 0.3) is 0 Å². The minimum atomic E-state index is -0.843. The molecule has 0 amide bonds. The molecule has 0 aliphatic heterocycles. The highest BCUT2D eigenvalue weighted by Gasteiger charge is 2.29. The Morgan fingerprint density at radius 2 is 2.16 bits per heavy atom. The van der Waals surface area contributed by atoms with Crippen LogP contribution >= 0.6 is 0 Å². The van der Waals surface area contributed by atoms with Gasteiger partial charge in [0.05, 0.1) is 24.8 Å². The van der Waals surface area contributed by atoms with Crippen molar-refractivity contribution < 1.29 is 14.6 Å². The van der Waals surface area contributed by atoms with Crippen LogP contribution in [0.1, 0.15) is 51.7 Å². The molecule has 19 heavy (non-hydrogen) atoms. The summed E-state index contributed by atoms with van der Waals surface area (Å²) < 4.78 is 6.81. The third-order valence-electron chi connectivity index (χ3n) is 3.02. The number of rotatable bonds is 8. The van der Waals surface area contributed by atoms with E-state index in [1.54, 1.807) is 24.0 Å². The third kappa shape index (κ3) is 4.35. The lowest BCUT2D eigenvalue weighted by molar-refractivity contribution is -0.152. The SMILES string of the molecule is CCCC(C(=O)OCC)C(O)c1cnn(CCC)c1. The van der Waals surface area contributed by atoms with Crippen molar-refractivity contribution in [3.63, 3.8) is 0 Å². The van der Waals surface area contributed by atoms with Gasteiger partial charge in [-0.25, -0.2) is 0 Å². The Kier molecular flexibility index (Phi) is 6.56. The second-order valence-corrected chi connectivity index (χ2v) is 4.63. The Morgan fingerprint density at radius 3 is 2.74 bits per heavy atom. The van der Waals surface area contributed by atoms with Gasteiger partial charge in [0.2, 0.25) is 0 Å². The van der Waals surface area contributed by atoms with Crippen LogP contribution in [0.15, 0.2) is 12.4 Å². The first-order valence-corrected chi connectivity index (χ1v) is 7.01. The van der Waals surface area contributed by atoms with Crippen LogP contribution in [0.4, 0.5) is 0 Å². The molecule has 0 saturated carbocycles. The largest absolute Gasteiger partial charge is 0.466 e. The highest BCUT2D eigenvalue weighted by Crippen LogP contribution is 2.26. The summed E-state index contributed by atoms with van der Waals surface area (Å²) in [6.07, 6.45) is 5.00. The first kappa shape index (κ1) is 15.7. The van der Waals surface area contributed by atoms with E-state index in [0.29, 0.717) is 18.6 Å². The van der Waals surface area contributed by atoms with Gasteiger partial charge in [0.25, 0.3) is 0 Å². The van der Waals surface area contributed by atoms with Gasteiger partial charge in [0, 0.05) is 18.3 Å². The zero-order valence-corrected chi connectivity index (χ0v) is 12.0. The quantitative estimate of drug-likeness (QED) is 0.735. The van der Waals surface area contributed by atoms with E-state index in [1.165, 1.54) is 0 Å². The summed E-state index contributed by atoms with van der Waals surface area (Å²) in [6.45, 7) is 6.97. The Morgan fingerprint density at radius 1 is 1.42 bits per heavy atom. The van der Waals surface area contributed by atoms with Gasteiger partial charge in [-0.05, 0) is 19.8 Å². The van der Waals surface area contributed by atoms with E-state index >= 15 is 0 Å². The molecule has 5 nitrogen and oxygen atoms in total. The minimum Gasteiger partial charge on any atom is -0.466 e. The van der Waals surface area contributed by atoms with Crippen LogP contribution in [0, 0.1) is 5.92 Å². The zero-order chi connectivity index (χ0) is 14.3. The molecule has 2 unspecified atom stereocenters. The van der Waals surface area contributed by atoms with E-state index in [-0.39, 0.29) is 5.97 Å². The zero-order valence-electron chi connectivity index (χ0n) is 12.0. The summed E-state index contributed by atoms with van der Waals surface area (Å²) in [5.41, 5.74) is 0.681. The molecular formula is C14H24N2O3. The average Bonchev–Trinajstić information content (AvgIpc) is 2.84. The maximum Gasteiger partial charge on any atom is 0.311 e. The van der Waals surface area contributed by atoms with Crippen LogP contribution in [-0.4, -0.2) is 27.5 Å². The number of hydrogen-bond donors (Lipinski definition) is 1. The van der Waals surface area contributed by atoms with Crippen molar-refractivity contribution in [1.29, 1.82) is 0 Å². The summed E-state index contributed by atoms with van der Waals surface area (Å²) in [5, 5.41) is 14.5. The molecule has 0 bridgehead atoms.